The highest BCUT2D eigenvalue weighted by molar-refractivity contribution is 6.66. The lowest BCUT2D eigenvalue weighted by molar-refractivity contribution is -0.138. The van der Waals surface area contributed by atoms with E-state index in [2.05, 4.69) is 29.9 Å². The van der Waals surface area contributed by atoms with Crippen LogP contribution in [0.2, 0.25) is 0 Å². The van der Waals surface area contributed by atoms with Gasteiger partial charge in [0, 0.05) is 40.8 Å². The average Bonchev–Trinajstić information content (AvgIpc) is 3.10. The second kappa shape index (κ2) is 5.60. The minimum atomic E-state index is -0.772. The largest absolute Gasteiger partial charge is 0.468 e. The maximum Gasteiger partial charge on any atom is 0.468 e. The summed E-state index contributed by atoms with van der Waals surface area (Å²) in [4.78, 5) is 9.59. The molecule has 0 aromatic carbocycles. The molecule has 146 valence electrons. The third-order valence-corrected chi connectivity index (χ3v) is 7.71. The average molecular weight is 378 g/mol. The van der Waals surface area contributed by atoms with Crippen LogP contribution in [0.25, 0.3) is 11.0 Å². The number of aromatic amines is 1. The fourth-order valence-electron chi connectivity index (χ4n) is 6.94. The van der Waals surface area contributed by atoms with Crippen molar-refractivity contribution in [3.8, 4) is 0 Å². The Morgan fingerprint density at radius 1 is 1.25 bits per heavy atom. The minimum absolute atomic E-state index is 0.0982. The number of hydrogen-bond acceptors (Lipinski definition) is 5. The molecular weight excluding hydrogens is 351 g/mol. The zero-order valence-electron chi connectivity index (χ0n) is 16.5. The lowest BCUT2D eigenvalue weighted by atomic mass is 9.48. The molecule has 0 radical (unpaired) electrons. The summed E-state index contributed by atoms with van der Waals surface area (Å²) in [6.07, 6.45) is 8.89. The van der Waals surface area contributed by atoms with Gasteiger partial charge in [-0.2, -0.15) is 5.10 Å². The zero-order chi connectivity index (χ0) is 19.2. The summed E-state index contributed by atoms with van der Waals surface area (Å²) in [5.74, 6) is 1.98. The topological polar surface area (TPSA) is 84.7 Å². The number of pyridine rings is 1. The zero-order valence-corrected chi connectivity index (χ0v) is 16.5. The summed E-state index contributed by atoms with van der Waals surface area (Å²) in [6.45, 7) is 4.13. The SMILES string of the molecule is CC(C)N1N=C([C@H]2C3CC4CC2C[C@](O)(C4)C3)c2c(cnc3[nH]ccc23)B1O. The van der Waals surface area contributed by atoms with E-state index >= 15 is 0 Å². The van der Waals surface area contributed by atoms with E-state index < -0.39 is 12.7 Å². The molecule has 28 heavy (non-hydrogen) atoms. The molecule has 4 aliphatic carbocycles. The van der Waals surface area contributed by atoms with Crippen molar-refractivity contribution in [1.82, 2.24) is 14.9 Å². The Hall–Kier alpha value is -1.86. The summed E-state index contributed by atoms with van der Waals surface area (Å²) < 4.78 is 0. The van der Waals surface area contributed by atoms with Crippen LogP contribution in [0.1, 0.15) is 51.5 Å². The summed E-state index contributed by atoms with van der Waals surface area (Å²) in [6, 6.07) is 2.15. The third kappa shape index (κ3) is 2.23. The number of aromatic nitrogens is 2. The smallest absolute Gasteiger partial charge is 0.428 e. The highest BCUT2D eigenvalue weighted by Crippen LogP contribution is 2.59. The van der Waals surface area contributed by atoms with E-state index in [4.69, 9.17) is 5.10 Å². The summed E-state index contributed by atoms with van der Waals surface area (Å²) in [5, 5.41) is 28.2. The molecule has 7 heteroatoms. The maximum absolute atomic E-state index is 11.0. The third-order valence-electron chi connectivity index (χ3n) is 7.71. The molecule has 4 bridgehead atoms. The Morgan fingerprint density at radius 2 is 2.00 bits per heavy atom. The molecular formula is C21H27BN4O2. The van der Waals surface area contributed by atoms with Crippen LogP contribution in [-0.2, 0) is 0 Å². The van der Waals surface area contributed by atoms with Gasteiger partial charge in [0.1, 0.15) is 5.65 Å². The monoisotopic (exact) mass is 378 g/mol. The maximum atomic E-state index is 11.0. The predicted molar refractivity (Wildman–Crippen MR) is 109 cm³/mol. The molecule has 0 spiro atoms. The minimum Gasteiger partial charge on any atom is -0.428 e. The molecule has 0 saturated heterocycles. The number of aliphatic hydroxyl groups is 1. The first-order chi connectivity index (χ1) is 13.4. The molecule has 6 nitrogen and oxygen atoms in total. The van der Waals surface area contributed by atoms with Crippen LogP contribution >= 0.6 is 0 Å². The van der Waals surface area contributed by atoms with E-state index in [0.717, 1.165) is 47.0 Å². The molecule has 0 amide bonds. The predicted octanol–water partition coefficient (Wildman–Crippen LogP) is 1.87. The van der Waals surface area contributed by atoms with Gasteiger partial charge in [0.25, 0.3) is 0 Å². The molecule has 2 unspecified atom stereocenters. The number of hydrazone groups is 1. The Balaban J connectivity index is 1.54. The normalized spacial score (nSPS) is 36.4. The van der Waals surface area contributed by atoms with Crippen LogP contribution in [-0.4, -0.2) is 49.4 Å². The Labute approximate surface area is 165 Å². The van der Waals surface area contributed by atoms with Gasteiger partial charge in [-0.15, -0.1) is 0 Å². The van der Waals surface area contributed by atoms with Gasteiger partial charge in [-0.05, 0) is 69.8 Å². The van der Waals surface area contributed by atoms with Crippen molar-refractivity contribution in [2.24, 2.45) is 28.8 Å². The molecule has 4 saturated carbocycles. The van der Waals surface area contributed by atoms with Gasteiger partial charge in [0.2, 0.25) is 0 Å². The fraction of sp³-hybridized carbons (Fsp3) is 0.619. The summed E-state index contributed by atoms with van der Waals surface area (Å²) in [7, 11) is -0.772. The van der Waals surface area contributed by atoms with E-state index in [1.165, 1.54) is 12.8 Å². The summed E-state index contributed by atoms with van der Waals surface area (Å²) in [5.41, 5.74) is 3.43. The van der Waals surface area contributed by atoms with E-state index in [0.29, 0.717) is 23.7 Å². The van der Waals surface area contributed by atoms with E-state index in [1.54, 1.807) is 0 Å². The van der Waals surface area contributed by atoms with Crippen molar-refractivity contribution in [1.29, 1.82) is 0 Å². The molecule has 2 aromatic rings. The molecule has 5 aliphatic rings. The lowest BCUT2D eigenvalue weighted by Gasteiger charge is -2.58. The van der Waals surface area contributed by atoms with Crippen molar-refractivity contribution in [3.63, 3.8) is 0 Å². The first kappa shape index (κ1) is 17.0. The Morgan fingerprint density at radius 3 is 2.68 bits per heavy atom. The van der Waals surface area contributed by atoms with Gasteiger partial charge in [0.15, 0.2) is 0 Å². The van der Waals surface area contributed by atoms with Crippen LogP contribution in [0.15, 0.2) is 23.6 Å². The fourth-order valence-corrected chi connectivity index (χ4v) is 6.94. The molecule has 3 N–H and O–H groups in total. The molecule has 4 fully saturated rings. The van der Waals surface area contributed by atoms with Gasteiger partial charge in [-0.3, -0.25) is 0 Å². The van der Waals surface area contributed by atoms with Crippen LogP contribution in [0.3, 0.4) is 0 Å². The van der Waals surface area contributed by atoms with Crippen molar-refractivity contribution in [3.05, 3.63) is 24.0 Å². The van der Waals surface area contributed by atoms with E-state index in [1.807, 2.05) is 17.3 Å². The van der Waals surface area contributed by atoms with E-state index in [-0.39, 0.29) is 6.04 Å². The first-order valence-electron chi connectivity index (χ1n) is 10.7. The van der Waals surface area contributed by atoms with Gasteiger partial charge in [-0.1, -0.05) is 0 Å². The van der Waals surface area contributed by atoms with Crippen LogP contribution in [0.5, 0.6) is 0 Å². The molecule has 2 aromatic heterocycles. The first-order valence-corrected chi connectivity index (χ1v) is 10.7. The van der Waals surface area contributed by atoms with Crippen LogP contribution in [0.4, 0.5) is 0 Å². The number of nitrogens with zero attached hydrogens (tertiary/aromatic N) is 3. The second-order valence-electron chi connectivity index (χ2n) is 9.88. The Kier molecular flexibility index (Phi) is 3.41. The van der Waals surface area contributed by atoms with Crippen LogP contribution in [0, 0.1) is 23.7 Å². The molecule has 3 heterocycles. The van der Waals surface area contributed by atoms with Gasteiger partial charge >= 0.3 is 7.05 Å². The molecule has 7 rings (SSSR count). The molecule has 1 aliphatic heterocycles. The highest BCUT2D eigenvalue weighted by atomic mass is 16.3. The summed E-state index contributed by atoms with van der Waals surface area (Å²) >= 11 is 0. The number of H-pyrrole nitrogens is 1. The van der Waals surface area contributed by atoms with E-state index in [9.17, 15) is 10.1 Å². The van der Waals surface area contributed by atoms with Crippen molar-refractivity contribution >= 4 is 29.3 Å². The van der Waals surface area contributed by atoms with Crippen molar-refractivity contribution < 1.29 is 10.1 Å². The number of fused-ring (bicyclic) bond motifs is 3. The Bertz CT molecular complexity index is 970. The van der Waals surface area contributed by atoms with Gasteiger partial charge in [0.05, 0.1) is 11.3 Å². The second-order valence-corrected chi connectivity index (χ2v) is 9.88. The molecule has 2 atom stereocenters. The van der Waals surface area contributed by atoms with Crippen molar-refractivity contribution in [2.75, 3.05) is 0 Å². The van der Waals surface area contributed by atoms with Gasteiger partial charge in [-0.25, -0.2) is 4.98 Å². The van der Waals surface area contributed by atoms with Crippen molar-refractivity contribution in [2.45, 2.75) is 57.6 Å². The highest BCUT2D eigenvalue weighted by Gasteiger charge is 2.57. The standard InChI is InChI=1S/C21H27BN4O2/c1-11(2)26-22(28)16-10-24-20-15(3-4-23-20)18(16)19(25-26)17-13-5-12-6-14(17)9-21(27,7-12)8-13/h3-4,10-14,17,27-28H,5-9H2,1-2H3,(H,23,24)/t12?,13?,14?,17-,21-. The lowest BCUT2D eigenvalue weighted by Crippen LogP contribution is -2.60. The van der Waals surface area contributed by atoms with Gasteiger partial charge < -0.3 is 20.0 Å². The van der Waals surface area contributed by atoms with Crippen LogP contribution < -0.4 is 5.46 Å². The quantitative estimate of drug-likeness (QED) is 0.697. The number of rotatable bonds is 2. The number of hydrogen-bond donors (Lipinski definition) is 3. The number of nitrogens with one attached hydrogen (secondary N) is 1.